The molecule has 6 rings (SSSR count). The molecule has 0 unspecified atom stereocenters. The molecule has 0 atom stereocenters. The average molecular weight is 491 g/mol. The third kappa shape index (κ3) is 3.75. The minimum Gasteiger partial charge on any atom is -0.314 e. The summed E-state index contributed by atoms with van der Waals surface area (Å²) >= 11 is 6.51. The molecule has 0 aromatic heterocycles. The molecule has 3 heterocycles. The van der Waals surface area contributed by atoms with Crippen LogP contribution in [0.3, 0.4) is 0 Å². The molecule has 6 heteroatoms. The van der Waals surface area contributed by atoms with Crippen LogP contribution in [0.25, 0.3) is 0 Å². The number of benzene rings is 2. The largest absolute Gasteiger partial charge is 0.314 e. The molecule has 1 aliphatic carbocycles. The van der Waals surface area contributed by atoms with Gasteiger partial charge in [-0.15, -0.1) is 0 Å². The van der Waals surface area contributed by atoms with Crippen LogP contribution in [0.2, 0.25) is 5.02 Å². The molecule has 2 aromatic carbocycles. The Morgan fingerprint density at radius 1 is 1.06 bits per heavy atom. The molecule has 184 valence electrons. The summed E-state index contributed by atoms with van der Waals surface area (Å²) < 4.78 is 0. The number of nitrogens with zero attached hydrogens (tertiary/aromatic N) is 3. The number of rotatable bonds is 4. The molecule has 35 heavy (non-hydrogen) atoms. The fourth-order valence-corrected chi connectivity index (χ4v) is 7.23. The quantitative estimate of drug-likeness (QED) is 0.559. The van der Waals surface area contributed by atoms with Crippen LogP contribution < -0.4 is 10.2 Å². The van der Waals surface area contributed by atoms with Crippen LogP contribution in [0.1, 0.15) is 72.3 Å². The minimum absolute atomic E-state index is 0.0794. The SMILES string of the molecule is CN=C1N(c2cccc(Cl)c2C=O)c2cc(C3CCN(C4CNC4)CC3)ccc2C12CCCCC2. The number of halogens is 1. The normalized spacial score (nSPS) is 24.1. The maximum atomic E-state index is 12.1. The number of likely N-dealkylation sites (tertiary alicyclic amines) is 1. The van der Waals surface area contributed by atoms with E-state index in [1.54, 1.807) is 6.07 Å². The smallest absolute Gasteiger partial charge is 0.153 e. The van der Waals surface area contributed by atoms with E-state index in [1.807, 2.05) is 19.2 Å². The van der Waals surface area contributed by atoms with Gasteiger partial charge in [-0.25, -0.2) is 0 Å². The molecule has 2 aromatic rings. The summed E-state index contributed by atoms with van der Waals surface area (Å²) in [7, 11) is 1.90. The molecule has 0 bridgehead atoms. The van der Waals surface area contributed by atoms with Gasteiger partial charge in [0.2, 0.25) is 0 Å². The van der Waals surface area contributed by atoms with Gasteiger partial charge >= 0.3 is 0 Å². The number of nitrogens with one attached hydrogen (secondary N) is 1. The van der Waals surface area contributed by atoms with E-state index in [2.05, 4.69) is 33.3 Å². The molecular weight excluding hydrogens is 456 g/mol. The number of carbonyl (C=O) groups is 1. The molecule has 5 nitrogen and oxygen atoms in total. The van der Waals surface area contributed by atoms with Gasteiger partial charge in [0.1, 0.15) is 5.84 Å². The van der Waals surface area contributed by atoms with E-state index in [4.69, 9.17) is 16.6 Å². The van der Waals surface area contributed by atoms with Gasteiger partial charge in [0.25, 0.3) is 0 Å². The highest BCUT2D eigenvalue weighted by atomic mass is 35.5. The van der Waals surface area contributed by atoms with Crippen LogP contribution in [0, 0.1) is 0 Å². The molecule has 1 saturated carbocycles. The summed E-state index contributed by atoms with van der Waals surface area (Å²) in [5.41, 5.74) is 5.29. The predicted molar refractivity (Wildman–Crippen MR) is 144 cm³/mol. The van der Waals surface area contributed by atoms with Crippen LogP contribution in [-0.4, -0.2) is 56.3 Å². The second kappa shape index (κ2) is 9.34. The van der Waals surface area contributed by atoms with Crippen molar-refractivity contribution in [3.05, 3.63) is 58.1 Å². The lowest BCUT2D eigenvalue weighted by Crippen LogP contribution is -2.58. The molecule has 1 N–H and O–H groups in total. The first-order valence-electron chi connectivity index (χ1n) is 13.3. The zero-order chi connectivity index (χ0) is 24.0. The molecule has 4 aliphatic rings. The van der Waals surface area contributed by atoms with Crippen molar-refractivity contribution in [2.75, 3.05) is 38.1 Å². The Kier molecular flexibility index (Phi) is 6.20. The number of anilines is 2. The van der Waals surface area contributed by atoms with Crippen molar-refractivity contribution in [2.45, 2.75) is 62.3 Å². The maximum absolute atomic E-state index is 12.1. The standard InChI is InChI=1S/C29H35ClN4O/c1-31-28-29(12-3-2-4-13-29)24-9-8-21(20-10-14-33(15-11-20)22-17-32-18-22)16-27(24)34(28)26-7-5-6-25(30)23(26)19-35/h5-9,16,19-20,22,32H,2-4,10-15,17-18H2,1H3. The van der Waals surface area contributed by atoms with Crippen molar-refractivity contribution in [1.29, 1.82) is 0 Å². The van der Waals surface area contributed by atoms with Gasteiger partial charge in [-0.05, 0) is 74.0 Å². The lowest BCUT2D eigenvalue weighted by Gasteiger charge is -2.42. The lowest BCUT2D eigenvalue weighted by atomic mass is 9.69. The number of carbonyl (C=O) groups excluding carboxylic acids is 1. The third-order valence-electron chi connectivity index (χ3n) is 9.00. The number of piperidine rings is 1. The van der Waals surface area contributed by atoms with Crippen LogP contribution in [-0.2, 0) is 5.41 Å². The van der Waals surface area contributed by atoms with E-state index < -0.39 is 0 Å². The maximum Gasteiger partial charge on any atom is 0.153 e. The highest BCUT2D eigenvalue weighted by Gasteiger charge is 2.50. The molecular formula is C29H35ClN4O. The fraction of sp³-hybridized carbons (Fsp3) is 0.517. The fourth-order valence-electron chi connectivity index (χ4n) is 7.01. The van der Waals surface area contributed by atoms with Crippen molar-refractivity contribution in [2.24, 2.45) is 4.99 Å². The Morgan fingerprint density at radius 3 is 2.49 bits per heavy atom. The first-order valence-corrected chi connectivity index (χ1v) is 13.6. The zero-order valence-electron chi connectivity index (χ0n) is 20.6. The van der Waals surface area contributed by atoms with E-state index in [-0.39, 0.29) is 5.41 Å². The molecule has 3 fully saturated rings. The van der Waals surface area contributed by atoms with E-state index >= 15 is 0 Å². The monoisotopic (exact) mass is 490 g/mol. The summed E-state index contributed by atoms with van der Waals surface area (Å²) in [6.45, 7) is 4.62. The van der Waals surface area contributed by atoms with Crippen LogP contribution in [0.15, 0.2) is 41.4 Å². The molecule has 2 saturated heterocycles. The Morgan fingerprint density at radius 2 is 1.83 bits per heavy atom. The summed E-state index contributed by atoms with van der Waals surface area (Å²) in [5.74, 6) is 1.64. The lowest BCUT2D eigenvalue weighted by molar-refractivity contribution is 0.112. The minimum atomic E-state index is -0.0794. The van der Waals surface area contributed by atoms with Gasteiger partial charge in [0, 0.05) is 26.2 Å². The Labute approximate surface area is 213 Å². The topological polar surface area (TPSA) is 47.9 Å². The van der Waals surface area contributed by atoms with E-state index in [0.29, 0.717) is 16.5 Å². The number of amidine groups is 1. The Bertz CT molecular complexity index is 1140. The third-order valence-corrected chi connectivity index (χ3v) is 9.33. The first-order chi connectivity index (χ1) is 17.2. The van der Waals surface area contributed by atoms with Crippen molar-refractivity contribution >= 4 is 35.1 Å². The van der Waals surface area contributed by atoms with Crippen LogP contribution >= 0.6 is 11.6 Å². The molecule has 0 amide bonds. The number of hydrogen-bond donors (Lipinski definition) is 1. The summed E-state index contributed by atoms with van der Waals surface area (Å²) in [5, 5.41) is 3.90. The number of aldehydes is 1. The molecule has 3 aliphatic heterocycles. The van der Waals surface area contributed by atoms with Crippen LogP contribution in [0.4, 0.5) is 11.4 Å². The zero-order valence-corrected chi connectivity index (χ0v) is 21.4. The number of fused-ring (bicyclic) bond motifs is 2. The van der Waals surface area contributed by atoms with Gasteiger partial charge in [-0.2, -0.15) is 0 Å². The summed E-state index contributed by atoms with van der Waals surface area (Å²) in [6, 6.07) is 13.7. The Balaban J connectivity index is 1.42. The van der Waals surface area contributed by atoms with Gasteiger partial charge in [0.15, 0.2) is 6.29 Å². The summed E-state index contributed by atoms with van der Waals surface area (Å²) in [6.07, 6.45) is 9.19. The predicted octanol–water partition coefficient (Wildman–Crippen LogP) is 5.69. The van der Waals surface area contributed by atoms with E-state index in [1.165, 1.54) is 62.0 Å². The van der Waals surface area contributed by atoms with Gasteiger partial charge in [0.05, 0.1) is 27.4 Å². The van der Waals surface area contributed by atoms with E-state index in [9.17, 15) is 4.79 Å². The second-order valence-electron chi connectivity index (χ2n) is 10.7. The average Bonchev–Trinajstić information content (AvgIpc) is 3.11. The van der Waals surface area contributed by atoms with Crippen molar-refractivity contribution < 1.29 is 4.79 Å². The summed E-state index contributed by atoms with van der Waals surface area (Å²) in [4.78, 5) is 22.0. The molecule has 1 spiro atoms. The molecule has 0 radical (unpaired) electrons. The van der Waals surface area contributed by atoms with Crippen molar-refractivity contribution in [3.63, 3.8) is 0 Å². The van der Waals surface area contributed by atoms with Gasteiger partial charge < -0.3 is 5.32 Å². The van der Waals surface area contributed by atoms with Crippen molar-refractivity contribution in [3.8, 4) is 0 Å². The van der Waals surface area contributed by atoms with Crippen molar-refractivity contribution in [1.82, 2.24) is 10.2 Å². The second-order valence-corrected chi connectivity index (χ2v) is 11.1. The van der Waals surface area contributed by atoms with E-state index in [0.717, 1.165) is 49.8 Å². The van der Waals surface area contributed by atoms with Gasteiger partial charge in [-0.1, -0.05) is 49.1 Å². The van der Waals surface area contributed by atoms with Crippen LogP contribution in [0.5, 0.6) is 0 Å². The number of hydrogen-bond acceptors (Lipinski definition) is 4. The van der Waals surface area contributed by atoms with Gasteiger partial charge in [-0.3, -0.25) is 19.6 Å². The highest BCUT2D eigenvalue weighted by Crippen LogP contribution is 2.54. The number of aliphatic imine (C=N–C) groups is 1. The highest BCUT2D eigenvalue weighted by molar-refractivity contribution is 6.34. The first kappa shape index (κ1) is 23.2. The Hall–Kier alpha value is -2.21.